The van der Waals surface area contributed by atoms with Crippen molar-refractivity contribution < 1.29 is 14.2 Å². The van der Waals surface area contributed by atoms with Crippen molar-refractivity contribution >= 4 is 5.96 Å². The molecule has 0 aromatic heterocycles. The highest BCUT2D eigenvalue weighted by Gasteiger charge is 2.21. The number of hydrogen-bond donors (Lipinski definition) is 1. The zero-order valence-electron chi connectivity index (χ0n) is 18.7. The van der Waals surface area contributed by atoms with Gasteiger partial charge in [-0.1, -0.05) is 0 Å². The Balaban J connectivity index is 1.51. The van der Waals surface area contributed by atoms with Crippen molar-refractivity contribution in [1.29, 1.82) is 0 Å². The predicted octanol–water partition coefficient (Wildman–Crippen LogP) is 1.12. The zero-order valence-corrected chi connectivity index (χ0v) is 18.7. The Labute approximate surface area is 180 Å². The van der Waals surface area contributed by atoms with Gasteiger partial charge in [0.15, 0.2) is 5.96 Å². The summed E-state index contributed by atoms with van der Waals surface area (Å²) in [6, 6.07) is 5.99. The van der Waals surface area contributed by atoms with Crippen molar-refractivity contribution in [3.63, 3.8) is 0 Å². The standard InChI is InChI=1S/C22H37N5O3/c1-4-23-22(24-7-8-25-13-15-30-16-14-25)27-11-9-26(10-12-27)18-19-17-20(28-2)5-6-21(19)29-3/h5-6,17H,4,7-16,18H2,1-3H3,(H,23,24). The lowest BCUT2D eigenvalue weighted by Gasteiger charge is -2.36. The molecular formula is C22H37N5O3. The topological polar surface area (TPSA) is 61.8 Å². The Bertz CT molecular complexity index is 671. The monoisotopic (exact) mass is 419 g/mol. The molecule has 2 fully saturated rings. The average Bonchev–Trinajstić information content (AvgIpc) is 2.80. The molecule has 2 heterocycles. The molecule has 0 amide bonds. The molecule has 3 rings (SSSR count). The van der Waals surface area contributed by atoms with Gasteiger partial charge in [0.1, 0.15) is 11.5 Å². The summed E-state index contributed by atoms with van der Waals surface area (Å²) in [5.74, 6) is 2.81. The van der Waals surface area contributed by atoms with Crippen molar-refractivity contribution in [2.24, 2.45) is 4.99 Å². The summed E-state index contributed by atoms with van der Waals surface area (Å²) in [5, 5.41) is 3.47. The highest BCUT2D eigenvalue weighted by Crippen LogP contribution is 2.25. The summed E-state index contributed by atoms with van der Waals surface area (Å²) < 4.78 is 16.3. The minimum Gasteiger partial charge on any atom is -0.497 e. The van der Waals surface area contributed by atoms with E-state index in [-0.39, 0.29) is 0 Å². The highest BCUT2D eigenvalue weighted by atomic mass is 16.5. The van der Waals surface area contributed by atoms with Crippen molar-refractivity contribution in [2.45, 2.75) is 13.5 Å². The molecule has 1 N–H and O–H groups in total. The van der Waals surface area contributed by atoms with E-state index in [9.17, 15) is 0 Å². The molecule has 0 spiro atoms. The van der Waals surface area contributed by atoms with Gasteiger partial charge in [0, 0.05) is 64.5 Å². The van der Waals surface area contributed by atoms with Crippen molar-refractivity contribution in [3.05, 3.63) is 23.8 Å². The number of nitrogens with one attached hydrogen (secondary N) is 1. The molecule has 168 valence electrons. The fourth-order valence-electron chi connectivity index (χ4n) is 3.91. The summed E-state index contributed by atoms with van der Waals surface area (Å²) in [6.07, 6.45) is 0. The van der Waals surface area contributed by atoms with Crippen molar-refractivity contribution in [1.82, 2.24) is 20.0 Å². The van der Waals surface area contributed by atoms with Gasteiger partial charge < -0.3 is 24.4 Å². The number of hydrogen-bond acceptors (Lipinski definition) is 6. The number of methoxy groups -OCH3 is 2. The Morgan fingerprint density at radius 1 is 1.03 bits per heavy atom. The van der Waals surface area contributed by atoms with Crippen LogP contribution < -0.4 is 14.8 Å². The minimum absolute atomic E-state index is 0.823. The predicted molar refractivity (Wildman–Crippen MR) is 120 cm³/mol. The SMILES string of the molecule is CCNC(=NCCN1CCOCC1)N1CCN(Cc2cc(OC)ccc2OC)CC1. The Kier molecular flexibility index (Phi) is 9.04. The number of morpholine rings is 1. The first kappa shape index (κ1) is 22.7. The molecular weight excluding hydrogens is 382 g/mol. The fraction of sp³-hybridized carbons (Fsp3) is 0.682. The summed E-state index contributed by atoms with van der Waals surface area (Å²) in [5.41, 5.74) is 1.16. The fourth-order valence-corrected chi connectivity index (χ4v) is 3.91. The first-order valence-electron chi connectivity index (χ1n) is 11.0. The lowest BCUT2D eigenvalue weighted by atomic mass is 10.1. The molecule has 0 bridgehead atoms. The van der Waals surface area contributed by atoms with E-state index in [0.29, 0.717) is 0 Å². The van der Waals surface area contributed by atoms with Gasteiger partial charge in [-0.25, -0.2) is 0 Å². The smallest absolute Gasteiger partial charge is 0.194 e. The molecule has 8 heteroatoms. The van der Waals surface area contributed by atoms with E-state index < -0.39 is 0 Å². The average molecular weight is 420 g/mol. The van der Waals surface area contributed by atoms with Gasteiger partial charge in [-0.15, -0.1) is 0 Å². The molecule has 0 unspecified atom stereocenters. The second-order valence-corrected chi connectivity index (χ2v) is 7.63. The summed E-state index contributed by atoms with van der Waals surface area (Å²) in [6.45, 7) is 13.3. The number of benzene rings is 1. The number of rotatable bonds is 8. The molecule has 2 saturated heterocycles. The second-order valence-electron chi connectivity index (χ2n) is 7.63. The largest absolute Gasteiger partial charge is 0.497 e. The van der Waals surface area contributed by atoms with Gasteiger partial charge in [0.05, 0.1) is 34.0 Å². The van der Waals surface area contributed by atoms with Crippen LogP contribution in [0.4, 0.5) is 0 Å². The van der Waals surface area contributed by atoms with Crippen molar-refractivity contribution in [3.8, 4) is 11.5 Å². The molecule has 2 aliphatic rings. The van der Waals surface area contributed by atoms with E-state index >= 15 is 0 Å². The van der Waals surface area contributed by atoms with E-state index in [1.807, 2.05) is 12.1 Å². The molecule has 0 saturated carbocycles. The Morgan fingerprint density at radius 2 is 1.80 bits per heavy atom. The van der Waals surface area contributed by atoms with Crippen LogP contribution in [-0.4, -0.2) is 107 Å². The van der Waals surface area contributed by atoms with E-state index in [0.717, 1.165) is 102 Å². The van der Waals surface area contributed by atoms with Crippen LogP contribution in [0.25, 0.3) is 0 Å². The van der Waals surface area contributed by atoms with Crippen LogP contribution in [0.15, 0.2) is 23.2 Å². The lowest BCUT2D eigenvalue weighted by molar-refractivity contribution is 0.0394. The molecule has 0 radical (unpaired) electrons. The van der Waals surface area contributed by atoms with E-state index in [1.165, 1.54) is 0 Å². The lowest BCUT2D eigenvalue weighted by Crippen LogP contribution is -2.52. The van der Waals surface area contributed by atoms with Crippen LogP contribution in [0.2, 0.25) is 0 Å². The highest BCUT2D eigenvalue weighted by molar-refractivity contribution is 5.80. The van der Waals surface area contributed by atoms with Gasteiger partial charge in [-0.05, 0) is 25.1 Å². The van der Waals surface area contributed by atoms with Crippen molar-refractivity contribution in [2.75, 3.05) is 86.3 Å². The molecule has 1 aromatic carbocycles. The number of ether oxygens (including phenoxy) is 3. The maximum absolute atomic E-state index is 5.54. The number of guanidine groups is 1. The normalized spacial score (nSPS) is 19.0. The van der Waals surface area contributed by atoms with Crippen LogP contribution >= 0.6 is 0 Å². The zero-order chi connectivity index (χ0) is 21.2. The maximum Gasteiger partial charge on any atom is 0.194 e. The quantitative estimate of drug-likeness (QED) is 0.500. The molecule has 0 atom stereocenters. The van der Waals surface area contributed by atoms with Gasteiger partial charge >= 0.3 is 0 Å². The van der Waals surface area contributed by atoms with Gasteiger partial charge in [-0.2, -0.15) is 0 Å². The summed E-state index contributed by atoms with van der Waals surface area (Å²) in [7, 11) is 3.42. The Hall–Kier alpha value is -2.03. The minimum atomic E-state index is 0.823. The third-order valence-corrected chi connectivity index (χ3v) is 5.67. The molecule has 2 aliphatic heterocycles. The molecule has 1 aromatic rings. The number of nitrogens with zero attached hydrogens (tertiary/aromatic N) is 4. The van der Waals surface area contributed by atoms with E-state index in [1.54, 1.807) is 14.2 Å². The first-order valence-corrected chi connectivity index (χ1v) is 11.0. The number of aliphatic imine (C=N–C) groups is 1. The van der Waals surface area contributed by atoms with Crippen LogP contribution in [-0.2, 0) is 11.3 Å². The molecule has 8 nitrogen and oxygen atoms in total. The second kappa shape index (κ2) is 12.0. The third kappa shape index (κ3) is 6.48. The van der Waals surface area contributed by atoms with Gasteiger partial charge in [0.2, 0.25) is 0 Å². The molecule has 0 aliphatic carbocycles. The van der Waals surface area contributed by atoms with Crippen LogP contribution in [0.1, 0.15) is 12.5 Å². The maximum atomic E-state index is 5.54. The van der Waals surface area contributed by atoms with Crippen LogP contribution in [0, 0.1) is 0 Å². The first-order chi connectivity index (χ1) is 14.7. The van der Waals surface area contributed by atoms with Gasteiger partial charge in [0.25, 0.3) is 0 Å². The summed E-state index contributed by atoms with van der Waals surface area (Å²) >= 11 is 0. The Morgan fingerprint density at radius 3 is 2.47 bits per heavy atom. The van der Waals surface area contributed by atoms with Crippen LogP contribution in [0.5, 0.6) is 11.5 Å². The third-order valence-electron chi connectivity index (χ3n) is 5.67. The number of piperazine rings is 1. The molecule has 30 heavy (non-hydrogen) atoms. The summed E-state index contributed by atoms with van der Waals surface area (Å²) in [4.78, 5) is 12.2. The van der Waals surface area contributed by atoms with E-state index in [4.69, 9.17) is 19.2 Å². The van der Waals surface area contributed by atoms with E-state index in [2.05, 4.69) is 33.0 Å². The van der Waals surface area contributed by atoms with Gasteiger partial charge in [-0.3, -0.25) is 14.8 Å². The van der Waals surface area contributed by atoms with Crippen LogP contribution in [0.3, 0.4) is 0 Å².